The number of unbranched alkanes of at least 4 members (excludes halogenated alkanes) is 2. The number of hydrogen-bond acceptors (Lipinski definition) is 6. The van der Waals surface area contributed by atoms with Crippen LogP contribution < -0.4 is 9.47 Å². The normalized spacial score (nSPS) is 14.6. The molecule has 0 saturated carbocycles. The fraction of sp³-hybridized carbons (Fsp3) is 0.346. The summed E-state index contributed by atoms with van der Waals surface area (Å²) in [6.07, 6.45) is 3.98. The molecule has 0 unspecified atom stereocenters. The molecule has 0 aromatic heterocycles. The summed E-state index contributed by atoms with van der Waals surface area (Å²) in [7, 11) is 0. The SMILES string of the molecule is CCOc1cc(/C=C2/SC(=S)N(CCCCCC(=O)O)C2=O)cc(Br)c1OCc1cccc(C)c1. The Morgan fingerprint density at radius 3 is 2.71 bits per heavy atom. The number of halogens is 1. The van der Waals surface area contributed by atoms with E-state index in [4.69, 9.17) is 26.8 Å². The number of benzene rings is 2. The van der Waals surface area contributed by atoms with Crippen LogP contribution in [0.4, 0.5) is 0 Å². The van der Waals surface area contributed by atoms with Crippen molar-refractivity contribution in [2.75, 3.05) is 13.2 Å². The molecule has 3 rings (SSSR count). The van der Waals surface area contributed by atoms with E-state index in [1.165, 1.54) is 17.3 Å². The summed E-state index contributed by atoms with van der Waals surface area (Å²) < 4.78 is 13.2. The lowest BCUT2D eigenvalue weighted by molar-refractivity contribution is -0.137. The van der Waals surface area contributed by atoms with Gasteiger partial charge in [0.25, 0.3) is 5.91 Å². The van der Waals surface area contributed by atoms with E-state index in [1.807, 2.05) is 44.2 Å². The maximum absolute atomic E-state index is 12.9. The highest BCUT2D eigenvalue weighted by Gasteiger charge is 2.31. The Labute approximate surface area is 223 Å². The van der Waals surface area contributed by atoms with Crippen molar-refractivity contribution < 1.29 is 24.2 Å². The molecule has 186 valence electrons. The number of amides is 1. The first-order valence-electron chi connectivity index (χ1n) is 11.4. The minimum absolute atomic E-state index is 0.132. The van der Waals surface area contributed by atoms with E-state index in [2.05, 4.69) is 22.0 Å². The molecule has 1 aliphatic rings. The molecule has 9 heteroatoms. The first-order valence-corrected chi connectivity index (χ1v) is 13.4. The molecule has 0 bridgehead atoms. The van der Waals surface area contributed by atoms with Gasteiger partial charge in [-0.1, -0.05) is 60.2 Å². The van der Waals surface area contributed by atoms with Gasteiger partial charge in [-0.15, -0.1) is 0 Å². The van der Waals surface area contributed by atoms with Crippen LogP contribution in [0.25, 0.3) is 6.08 Å². The van der Waals surface area contributed by atoms with E-state index in [1.54, 1.807) is 11.0 Å². The van der Waals surface area contributed by atoms with E-state index in [0.717, 1.165) is 22.0 Å². The smallest absolute Gasteiger partial charge is 0.303 e. The third-order valence-corrected chi connectivity index (χ3v) is 7.21. The van der Waals surface area contributed by atoms with Gasteiger partial charge in [-0.05, 0) is 72.0 Å². The molecule has 2 aromatic carbocycles. The van der Waals surface area contributed by atoms with Gasteiger partial charge in [0.15, 0.2) is 11.5 Å². The minimum atomic E-state index is -0.803. The van der Waals surface area contributed by atoms with Gasteiger partial charge < -0.3 is 14.6 Å². The minimum Gasteiger partial charge on any atom is -0.490 e. The molecule has 2 aromatic rings. The van der Waals surface area contributed by atoms with E-state index in [9.17, 15) is 9.59 Å². The van der Waals surface area contributed by atoms with Gasteiger partial charge in [0.1, 0.15) is 10.9 Å². The van der Waals surface area contributed by atoms with Crippen LogP contribution in [0.15, 0.2) is 45.8 Å². The van der Waals surface area contributed by atoms with E-state index in [0.29, 0.717) is 53.3 Å². The van der Waals surface area contributed by atoms with Crippen LogP contribution in [0.5, 0.6) is 11.5 Å². The standard InChI is InChI=1S/C26H28BrNO5S2/c1-3-32-21-14-19(13-20(27)24(21)33-16-18-9-7-8-17(2)12-18)15-22-25(31)28(26(34)35-22)11-6-4-5-10-23(29)30/h7-9,12-15H,3-6,10-11,16H2,1-2H3,(H,29,30)/b22-15+. The number of aliphatic carboxylic acids is 1. The Morgan fingerprint density at radius 1 is 1.20 bits per heavy atom. The summed E-state index contributed by atoms with van der Waals surface area (Å²) in [4.78, 5) is 25.7. The van der Waals surface area contributed by atoms with Gasteiger partial charge in [0.05, 0.1) is 16.0 Å². The van der Waals surface area contributed by atoms with Crippen LogP contribution in [0.1, 0.15) is 49.3 Å². The van der Waals surface area contributed by atoms with E-state index in [-0.39, 0.29) is 12.3 Å². The number of nitrogens with zero attached hydrogens (tertiary/aromatic N) is 1. The Hall–Kier alpha value is -2.36. The summed E-state index contributed by atoms with van der Waals surface area (Å²) in [5.74, 6) is 0.268. The van der Waals surface area contributed by atoms with Gasteiger partial charge >= 0.3 is 5.97 Å². The number of hydrogen-bond donors (Lipinski definition) is 1. The number of carbonyl (C=O) groups is 2. The van der Waals surface area contributed by atoms with Gasteiger partial charge in [-0.25, -0.2) is 0 Å². The maximum atomic E-state index is 12.9. The number of carbonyl (C=O) groups excluding carboxylic acids is 1. The highest BCUT2D eigenvalue weighted by molar-refractivity contribution is 9.10. The molecule has 6 nitrogen and oxygen atoms in total. The molecule has 0 aliphatic carbocycles. The second-order valence-corrected chi connectivity index (χ2v) is 10.6. The first kappa shape index (κ1) is 27.2. The molecule has 1 N–H and O–H groups in total. The van der Waals surface area contributed by atoms with Crippen molar-refractivity contribution in [2.24, 2.45) is 0 Å². The van der Waals surface area contributed by atoms with Crippen LogP contribution in [-0.4, -0.2) is 39.4 Å². The summed E-state index contributed by atoms with van der Waals surface area (Å²) in [6, 6.07) is 11.9. The Morgan fingerprint density at radius 2 is 2.00 bits per heavy atom. The van der Waals surface area contributed by atoms with Crippen molar-refractivity contribution in [1.29, 1.82) is 0 Å². The monoisotopic (exact) mass is 577 g/mol. The fourth-order valence-corrected chi connectivity index (χ4v) is 5.48. The van der Waals surface area contributed by atoms with Crippen molar-refractivity contribution in [1.82, 2.24) is 4.90 Å². The lowest BCUT2D eigenvalue weighted by Crippen LogP contribution is -2.29. The van der Waals surface area contributed by atoms with Gasteiger partial charge in [-0.2, -0.15) is 0 Å². The third kappa shape index (κ3) is 7.81. The number of thiocarbonyl (C=S) groups is 1. The molecular formula is C26H28BrNO5S2. The van der Waals surface area contributed by atoms with Crippen LogP contribution >= 0.6 is 39.9 Å². The quantitative estimate of drug-likeness (QED) is 0.173. The Bertz CT molecular complexity index is 1130. The largest absolute Gasteiger partial charge is 0.490 e. The highest BCUT2D eigenvalue weighted by atomic mass is 79.9. The summed E-state index contributed by atoms with van der Waals surface area (Å²) >= 11 is 10.3. The zero-order valence-corrected chi connectivity index (χ0v) is 22.9. The molecule has 0 spiro atoms. The molecule has 1 amide bonds. The van der Waals surface area contributed by atoms with Crippen molar-refractivity contribution in [3.63, 3.8) is 0 Å². The topological polar surface area (TPSA) is 76.1 Å². The molecule has 0 atom stereocenters. The molecule has 35 heavy (non-hydrogen) atoms. The zero-order valence-electron chi connectivity index (χ0n) is 19.7. The van der Waals surface area contributed by atoms with Crippen LogP contribution in [0.2, 0.25) is 0 Å². The number of rotatable bonds is 12. The average Bonchev–Trinajstić information content (AvgIpc) is 3.05. The van der Waals surface area contributed by atoms with Crippen molar-refractivity contribution in [3.05, 3.63) is 62.5 Å². The lowest BCUT2D eigenvalue weighted by Gasteiger charge is -2.15. The van der Waals surface area contributed by atoms with Gasteiger partial charge in [0.2, 0.25) is 0 Å². The van der Waals surface area contributed by atoms with Crippen molar-refractivity contribution in [3.8, 4) is 11.5 Å². The molecule has 1 heterocycles. The summed E-state index contributed by atoms with van der Waals surface area (Å²) in [5, 5.41) is 8.75. The second kappa shape index (κ2) is 13.1. The predicted octanol–water partition coefficient (Wildman–Crippen LogP) is 6.58. The average molecular weight is 579 g/mol. The van der Waals surface area contributed by atoms with Crippen LogP contribution in [-0.2, 0) is 16.2 Å². The zero-order chi connectivity index (χ0) is 25.4. The van der Waals surface area contributed by atoms with E-state index < -0.39 is 5.97 Å². The molecule has 1 fully saturated rings. The number of ether oxygens (including phenoxy) is 2. The second-order valence-electron chi connectivity index (χ2n) is 8.08. The fourth-order valence-electron chi connectivity index (χ4n) is 3.60. The summed E-state index contributed by atoms with van der Waals surface area (Å²) in [5.41, 5.74) is 3.03. The molecule has 0 radical (unpaired) electrons. The predicted molar refractivity (Wildman–Crippen MR) is 147 cm³/mol. The van der Waals surface area contributed by atoms with Gasteiger partial charge in [-0.3, -0.25) is 14.5 Å². The lowest BCUT2D eigenvalue weighted by atomic mass is 10.1. The first-order chi connectivity index (χ1) is 16.8. The maximum Gasteiger partial charge on any atom is 0.303 e. The molecular weight excluding hydrogens is 550 g/mol. The van der Waals surface area contributed by atoms with Crippen molar-refractivity contribution in [2.45, 2.75) is 46.1 Å². The van der Waals surface area contributed by atoms with Crippen molar-refractivity contribution >= 4 is 62.2 Å². The van der Waals surface area contributed by atoms with Gasteiger partial charge in [0, 0.05) is 13.0 Å². The summed E-state index contributed by atoms with van der Waals surface area (Å²) in [6.45, 7) is 5.32. The number of aryl methyl sites for hydroxylation is 1. The number of carboxylic acids is 1. The van der Waals surface area contributed by atoms with Crippen LogP contribution in [0, 0.1) is 6.92 Å². The molecule has 1 saturated heterocycles. The van der Waals surface area contributed by atoms with Crippen LogP contribution in [0.3, 0.4) is 0 Å². The Kier molecular flexibility index (Phi) is 10.2. The highest BCUT2D eigenvalue weighted by Crippen LogP contribution is 2.40. The number of thioether (sulfide) groups is 1. The number of carboxylic acid groups (broad SMARTS) is 1. The molecule has 1 aliphatic heterocycles. The Balaban J connectivity index is 1.72. The third-order valence-electron chi connectivity index (χ3n) is 5.24. The van der Waals surface area contributed by atoms with E-state index >= 15 is 0 Å².